The van der Waals surface area contributed by atoms with Crippen LogP contribution in [0.4, 0.5) is 5.69 Å². The van der Waals surface area contributed by atoms with E-state index in [-0.39, 0.29) is 4.90 Å². The molecule has 0 amide bonds. The van der Waals surface area contributed by atoms with Crippen molar-refractivity contribution in [3.05, 3.63) is 54.3 Å². The molecule has 0 aliphatic heterocycles. The molecule has 8 heteroatoms. The molecule has 0 aliphatic rings. The first-order chi connectivity index (χ1) is 9.70. The minimum absolute atomic E-state index is 0.147. The molecule has 112 valence electrons. The number of nitrogens with one attached hydrogen (secondary N) is 1. The lowest BCUT2D eigenvalue weighted by atomic mass is 10.2. The molecule has 0 atom stereocenters. The van der Waals surface area contributed by atoms with Crippen LogP contribution in [-0.2, 0) is 10.0 Å². The van der Waals surface area contributed by atoms with Crippen molar-refractivity contribution in [3.8, 4) is 0 Å². The van der Waals surface area contributed by atoms with E-state index < -0.39 is 10.0 Å². The van der Waals surface area contributed by atoms with Crippen LogP contribution in [0.3, 0.4) is 0 Å². The van der Waals surface area contributed by atoms with Crippen molar-refractivity contribution in [2.24, 2.45) is 0 Å². The average Bonchev–Trinajstić information content (AvgIpc) is 2.35. The molecule has 0 saturated carbocycles. The van der Waals surface area contributed by atoms with E-state index in [1.165, 1.54) is 6.07 Å². The molecule has 2 aromatic carbocycles. The molecular weight excluding hydrogens is 509 g/mol. The van der Waals surface area contributed by atoms with Gasteiger partial charge >= 0.3 is 0 Å². The minimum atomic E-state index is -3.72. The Bertz CT molecular complexity index is 809. The maximum absolute atomic E-state index is 12.5. The number of halogens is 4. The standard InChI is InChI=1S/C13H9Br3ClNO2S/c1-7-4-9(15)12(6-11(7)17)18-21(19,20)13-3-2-8(14)5-10(13)16/h2-6,18H,1H3. The molecule has 0 bridgehead atoms. The Hall–Kier alpha value is -0.0800. The van der Waals surface area contributed by atoms with Crippen molar-refractivity contribution in [1.82, 2.24) is 0 Å². The highest BCUT2D eigenvalue weighted by Gasteiger charge is 2.19. The van der Waals surface area contributed by atoms with Gasteiger partial charge in [0.1, 0.15) is 4.90 Å². The molecule has 0 spiro atoms. The Kier molecular flexibility index (Phi) is 5.41. The SMILES string of the molecule is Cc1cc(Br)c(NS(=O)(=O)c2ccc(Br)cc2Br)cc1Cl. The summed E-state index contributed by atoms with van der Waals surface area (Å²) in [4.78, 5) is 0.147. The lowest BCUT2D eigenvalue weighted by Crippen LogP contribution is -2.14. The van der Waals surface area contributed by atoms with Gasteiger partial charge in [0.15, 0.2) is 0 Å². The third-order valence-electron chi connectivity index (χ3n) is 2.68. The van der Waals surface area contributed by atoms with E-state index in [0.29, 0.717) is 19.7 Å². The minimum Gasteiger partial charge on any atom is -0.278 e. The first-order valence-corrected chi connectivity index (χ1v) is 9.88. The van der Waals surface area contributed by atoms with Crippen LogP contribution in [0.5, 0.6) is 0 Å². The summed E-state index contributed by atoms with van der Waals surface area (Å²) in [7, 11) is -3.72. The van der Waals surface area contributed by atoms with Gasteiger partial charge in [-0.05, 0) is 74.7 Å². The molecule has 1 N–H and O–H groups in total. The smallest absolute Gasteiger partial charge is 0.263 e. The van der Waals surface area contributed by atoms with E-state index in [2.05, 4.69) is 52.5 Å². The highest BCUT2D eigenvalue weighted by atomic mass is 79.9. The summed E-state index contributed by atoms with van der Waals surface area (Å²) in [6.45, 7) is 1.84. The Balaban J connectivity index is 2.45. The highest BCUT2D eigenvalue weighted by molar-refractivity contribution is 9.11. The summed E-state index contributed by atoms with van der Waals surface area (Å²) in [5.74, 6) is 0. The normalized spacial score (nSPS) is 11.5. The van der Waals surface area contributed by atoms with Gasteiger partial charge in [0.25, 0.3) is 10.0 Å². The molecule has 0 saturated heterocycles. The first-order valence-electron chi connectivity index (χ1n) is 5.64. The van der Waals surface area contributed by atoms with Crippen molar-refractivity contribution < 1.29 is 8.42 Å². The van der Waals surface area contributed by atoms with Crippen LogP contribution in [-0.4, -0.2) is 8.42 Å². The monoisotopic (exact) mass is 515 g/mol. The first kappa shape index (κ1) is 17.3. The number of anilines is 1. The number of hydrogen-bond donors (Lipinski definition) is 1. The summed E-state index contributed by atoms with van der Waals surface area (Å²) in [6.07, 6.45) is 0. The van der Waals surface area contributed by atoms with E-state index >= 15 is 0 Å². The molecule has 0 heterocycles. The van der Waals surface area contributed by atoms with Crippen molar-refractivity contribution in [2.45, 2.75) is 11.8 Å². The van der Waals surface area contributed by atoms with Gasteiger partial charge in [0.2, 0.25) is 0 Å². The van der Waals surface area contributed by atoms with Crippen molar-refractivity contribution >= 4 is 75.1 Å². The predicted octanol–water partition coefficient (Wildman–Crippen LogP) is 5.74. The van der Waals surface area contributed by atoms with Gasteiger partial charge in [-0.15, -0.1) is 0 Å². The van der Waals surface area contributed by atoms with Crippen molar-refractivity contribution in [3.63, 3.8) is 0 Å². The summed E-state index contributed by atoms with van der Waals surface area (Å²) >= 11 is 15.9. The largest absolute Gasteiger partial charge is 0.278 e. The lowest BCUT2D eigenvalue weighted by molar-refractivity contribution is 0.600. The molecule has 0 unspecified atom stereocenters. The van der Waals surface area contributed by atoms with E-state index in [9.17, 15) is 8.42 Å². The van der Waals surface area contributed by atoms with Crippen LogP contribution in [0.1, 0.15) is 5.56 Å². The molecule has 0 radical (unpaired) electrons. The topological polar surface area (TPSA) is 46.2 Å². The zero-order valence-corrected chi connectivity index (χ0v) is 17.0. The molecule has 21 heavy (non-hydrogen) atoms. The van der Waals surface area contributed by atoms with Crippen LogP contribution in [0.2, 0.25) is 5.02 Å². The summed E-state index contributed by atoms with van der Waals surface area (Å²) in [5, 5.41) is 0.491. The fourth-order valence-corrected chi connectivity index (χ4v) is 5.29. The Morgan fingerprint density at radius 2 is 1.71 bits per heavy atom. The summed E-state index contributed by atoms with van der Waals surface area (Å²) in [6, 6.07) is 8.19. The van der Waals surface area contributed by atoms with Gasteiger partial charge in [-0.2, -0.15) is 0 Å². The predicted molar refractivity (Wildman–Crippen MR) is 96.5 cm³/mol. The second-order valence-electron chi connectivity index (χ2n) is 4.26. The number of sulfonamides is 1. The zero-order valence-electron chi connectivity index (χ0n) is 10.6. The van der Waals surface area contributed by atoms with Crippen LogP contribution in [0, 0.1) is 6.92 Å². The fourth-order valence-electron chi connectivity index (χ4n) is 1.62. The number of rotatable bonds is 3. The lowest BCUT2D eigenvalue weighted by Gasteiger charge is -2.12. The van der Waals surface area contributed by atoms with Gasteiger partial charge in [-0.1, -0.05) is 27.5 Å². The quantitative estimate of drug-likeness (QED) is 0.564. The van der Waals surface area contributed by atoms with Gasteiger partial charge in [0, 0.05) is 18.4 Å². The van der Waals surface area contributed by atoms with Gasteiger partial charge in [-0.3, -0.25) is 4.72 Å². The summed E-state index contributed by atoms with van der Waals surface area (Å²) < 4.78 is 29.3. The molecule has 2 aromatic rings. The third kappa shape index (κ3) is 4.01. The van der Waals surface area contributed by atoms with Gasteiger partial charge in [-0.25, -0.2) is 8.42 Å². The van der Waals surface area contributed by atoms with E-state index in [1.54, 1.807) is 24.3 Å². The van der Waals surface area contributed by atoms with E-state index in [1.807, 2.05) is 6.92 Å². The van der Waals surface area contributed by atoms with Crippen LogP contribution >= 0.6 is 59.4 Å². The molecule has 3 nitrogen and oxygen atoms in total. The Morgan fingerprint density at radius 3 is 2.33 bits per heavy atom. The second-order valence-corrected chi connectivity index (χ2v) is 8.94. The third-order valence-corrected chi connectivity index (χ3v) is 6.57. The zero-order chi connectivity index (χ0) is 15.8. The van der Waals surface area contributed by atoms with Crippen LogP contribution < -0.4 is 4.72 Å². The van der Waals surface area contributed by atoms with E-state index in [0.717, 1.165) is 10.0 Å². The van der Waals surface area contributed by atoms with E-state index in [4.69, 9.17) is 11.6 Å². The summed E-state index contributed by atoms with van der Waals surface area (Å²) in [5.41, 5.74) is 1.25. The maximum Gasteiger partial charge on any atom is 0.263 e. The number of benzene rings is 2. The molecule has 0 aliphatic carbocycles. The average molecular weight is 518 g/mol. The number of aryl methyl sites for hydroxylation is 1. The Morgan fingerprint density at radius 1 is 1.05 bits per heavy atom. The fraction of sp³-hybridized carbons (Fsp3) is 0.0769. The Labute approximate surface area is 153 Å². The maximum atomic E-state index is 12.5. The van der Waals surface area contributed by atoms with Crippen molar-refractivity contribution in [1.29, 1.82) is 0 Å². The molecule has 0 aromatic heterocycles. The van der Waals surface area contributed by atoms with Gasteiger partial charge < -0.3 is 0 Å². The second kappa shape index (κ2) is 6.58. The van der Waals surface area contributed by atoms with Gasteiger partial charge in [0.05, 0.1) is 5.69 Å². The highest BCUT2D eigenvalue weighted by Crippen LogP contribution is 2.32. The van der Waals surface area contributed by atoms with Crippen molar-refractivity contribution in [2.75, 3.05) is 4.72 Å². The van der Waals surface area contributed by atoms with Crippen LogP contribution in [0.25, 0.3) is 0 Å². The number of hydrogen-bond acceptors (Lipinski definition) is 2. The molecule has 0 fully saturated rings. The molecular formula is C13H9Br3ClNO2S. The molecule has 2 rings (SSSR count). The van der Waals surface area contributed by atoms with Crippen LogP contribution in [0.15, 0.2) is 48.6 Å².